The van der Waals surface area contributed by atoms with Gasteiger partial charge < -0.3 is 10.1 Å². The van der Waals surface area contributed by atoms with Gasteiger partial charge in [0.1, 0.15) is 10.1 Å². The van der Waals surface area contributed by atoms with Crippen LogP contribution in [0.2, 0.25) is 0 Å². The van der Waals surface area contributed by atoms with Crippen molar-refractivity contribution in [2.75, 3.05) is 5.32 Å². The summed E-state index contributed by atoms with van der Waals surface area (Å²) < 4.78 is 4.59. The Morgan fingerprint density at radius 3 is 2.26 bits per heavy atom. The zero-order chi connectivity index (χ0) is 14.3. The van der Waals surface area contributed by atoms with Gasteiger partial charge in [-0.3, -0.25) is 4.79 Å². The second-order valence-corrected chi connectivity index (χ2v) is 6.84. The van der Waals surface area contributed by atoms with E-state index in [1.54, 1.807) is 19.1 Å². The third-order valence-electron chi connectivity index (χ3n) is 3.24. The first-order valence-corrected chi connectivity index (χ1v) is 6.96. The number of carbonyl (C=O) groups excluding carboxylic acids is 1. The summed E-state index contributed by atoms with van der Waals surface area (Å²) in [7, 11) is 0. The molecule has 1 atom stereocenters. The molecule has 0 aliphatic heterocycles. The van der Waals surface area contributed by atoms with Crippen LogP contribution < -0.4 is 10.1 Å². The Labute approximate surface area is 123 Å². The van der Waals surface area contributed by atoms with E-state index >= 15 is 0 Å². The molecule has 0 bridgehead atoms. The second-order valence-electron chi connectivity index (χ2n) is 5.36. The first-order chi connectivity index (χ1) is 8.74. The molecule has 1 fully saturated rings. The molecule has 0 spiro atoms. The number of alkyl halides is 2. The van der Waals surface area contributed by atoms with Crippen LogP contribution in [0, 0.1) is 5.41 Å². The van der Waals surface area contributed by atoms with Crippen LogP contribution >= 0.6 is 23.2 Å². The van der Waals surface area contributed by atoms with Crippen LogP contribution in [-0.2, 0) is 4.79 Å². The molecule has 1 N–H and O–H groups in total. The Balaban J connectivity index is 1.99. The van der Waals surface area contributed by atoms with Crippen molar-refractivity contribution in [2.24, 2.45) is 5.41 Å². The van der Waals surface area contributed by atoms with E-state index in [0.29, 0.717) is 12.1 Å². The molecule has 19 heavy (non-hydrogen) atoms. The highest BCUT2D eigenvalue weighted by molar-refractivity contribution is 6.53. The molecule has 0 saturated heterocycles. The molecule has 2 rings (SSSR count). The molecule has 0 unspecified atom stereocenters. The molecule has 3 nitrogen and oxygen atoms in total. The minimum atomic E-state index is -0.947. The van der Waals surface area contributed by atoms with Gasteiger partial charge in [-0.1, -0.05) is 0 Å². The monoisotopic (exact) mass is 301 g/mol. The minimum absolute atomic E-state index is 0.124. The summed E-state index contributed by atoms with van der Waals surface area (Å²) in [5.41, 5.74) is 0.00168. The third-order valence-corrected chi connectivity index (χ3v) is 4.34. The normalized spacial score (nSPS) is 24.1. The summed E-state index contributed by atoms with van der Waals surface area (Å²) in [6, 6.07) is 7.23. The predicted molar refractivity (Wildman–Crippen MR) is 78.0 cm³/mol. The molecule has 1 amide bonds. The van der Waals surface area contributed by atoms with Gasteiger partial charge in [-0.05, 0) is 51.5 Å². The van der Waals surface area contributed by atoms with Gasteiger partial charge in [-0.2, -0.15) is 0 Å². The van der Waals surface area contributed by atoms with E-state index < -0.39 is 9.75 Å². The fourth-order valence-electron chi connectivity index (χ4n) is 1.80. The summed E-state index contributed by atoms with van der Waals surface area (Å²) in [5.74, 6) is 0.615. The number of amides is 1. The van der Waals surface area contributed by atoms with Gasteiger partial charge in [-0.25, -0.2) is 0 Å². The van der Waals surface area contributed by atoms with E-state index in [2.05, 4.69) is 5.32 Å². The molecular weight excluding hydrogens is 285 g/mol. The molecule has 0 aromatic heterocycles. The zero-order valence-electron chi connectivity index (χ0n) is 11.2. The van der Waals surface area contributed by atoms with Gasteiger partial charge in [0.15, 0.2) is 0 Å². The molecule has 0 radical (unpaired) electrons. The summed E-state index contributed by atoms with van der Waals surface area (Å²) in [6.45, 7) is 5.69. The van der Waals surface area contributed by atoms with Gasteiger partial charge in [0.2, 0.25) is 5.91 Å². The van der Waals surface area contributed by atoms with Crippen LogP contribution in [0.25, 0.3) is 0 Å². The van der Waals surface area contributed by atoms with Gasteiger partial charge in [-0.15, -0.1) is 23.2 Å². The number of benzene rings is 1. The number of ether oxygens (including phenoxy) is 1. The number of hydrogen-bond donors (Lipinski definition) is 1. The Morgan fingerprint density at radius 1 is 1.32 bits per heavy atom. The second kappa shape index (κ2) is 4.88. The molecule has 5 heteroatoms. The maximum Gasteiger partial charge on any atom is 0.233 e. The van der Waals surface area contributed by atoms with Gasteiger partial charge >= 0.3 is 0 Å². The zero-order valence-corrected chi connectivity index (χ0v) is 12.7. The van der Waals surface area contributed by atoms with Crippen molar-refractivity contribution in [3.63, 3.8) is 0 Å². The number of rotatable bonds is 4. The average Bonchev–Trinajstić information content (AvgIpc) is 2.82. The molecule has 104 valence electrons. The SMILES string of the molecule is CC(C)Oc1ccc(NC(=O)[C@@]2(C)CC2(Cl)Cl)cc1. The molecule has 1 aromatic rings. The van der Waals surface area contributed by atoms with E-state index in [1.807, 2.05) is 26.0 Å². The number of nitrogens with one attached hydrogen (secondary N) is 1. The lowest BCUT2D eigenvalue weighted by Gasteiger charge is -2.14. The van der Waals surface area contributed by atoms with Crippen molar-refractivity contribution in [3.8, 4) is 5.75 Å². The van der Waals surface area contributed by atoms with E-state index in [4.69, 9.17) is 27.9 Å². The van der Waals surface area contributed by atoms with Crippen LogP contribution in [0.1, 0.15) is 27.2 Å². The molecule has 1 aliphatic rings. The van der Waals surface area contributed by atoms with Gasteiger partial charge in [0, 0.05) is 5.69 Å². The molecule has 1 saturated carbocycles. The topological polar surface area (TPSA) is 38.3 Å². The number of hydrogen-bond acceptors (Lipinski definition) is 2. The number of anilines is 1. The lowest BCUT2D eigenvalue weighted by atomic mass is 10.1. The predicted octanol–water partition coefficient (Wildman–Crippen LogP) is 4.00. The van der Waals surface area contributed by atoms with Crippen LogP contribution in [0.3, 0.4) is 0 Å². The Hall–Kier alpha value is -0.930. The maximum absolute atomic E-state index is 12.1. The third kappa shape index (κ3) is 2.98. The Bertz CT molecular complexity index is 485. The Morgan fingerprint density at radius 2 is 1.84 bits per heavy atom. The van der Waals surface area contributed by atoms with Crippen LogP contribution in [0.5, 0.6) is 5.75 Å². The smallest absolute Gasteiger partial charge is 0.233 e. The average molecular weight is 302 g/mol. The lowest BCUT2D eigenvalue weighted by molar-refractivity contribution is -0.120. The van der Waals surface area contributed by atoms with Crippen molar-refractivity contribution >= 4 is 34.8 Å². The molecule has 1 aromatic carbocycles. The van der Waals surface area contributed by atoms with Crippen LogP contribution in [0.15, 0.2) is 24.3 Å². The van der Waals surface area contributed by atoms with Crippen molar-refractivity contribution in [3.05, 3.63) is 24.3 Å². The van der Waals surface area contributed by atoms with Crippen LogP contribution in [-0.4, -0.2) is 16.3 Å². The number of halogens is 2. The maximum atomic E-state index is 12.1. The highest BCUT2D eigenvalue weighted by Crippen LogP contribution is 2.64. The van der Waals surface area contributed by atoms with Crippen molar-refractivity contribution in [1.29, 1.82) is 0 Å². The first-order valence-electron chi connectivity index (χ1n) is 6.21. The molecule has 0 heterocycles. The quantitative estimate of drug-likeness (QED) is 0.854. The van der Waals surface area contributed by atoms with E-state index in [1.165, 1.54) is 0 Å². The van der Waals surface area contributed by atoms with Crippen molar-refractivity contribution in [2.45, 2.75) is 37.6 Å². The summed E-state index contributed by atoms with van der Waals surface area (Å²) >= 11 is 12.0. The standard InChI is InChI=1S/C14H17Cl2NO2/c1-9(2)19-11-6-4-10(5-7-11)17-12(18)13(3)8-14(13,15)16/h4-7,9H,8H2,1-3H3,(H,17,18)/t13-/m1/s1. The van der Waals surface area contributed by atoms with Gasteiger partial charge in [0.05, 0.1) is 11.5 Å². The summed E-state index contributed by atoms with van der Waals surface area (Å²) in [5, 5.41) is 2.82. The Kier molecular flexibility index (Phi) is 3.72. The fraction of sp³-hybridized carbons (Fsp3) is 0.500. The van der Waals surface area contributed by atoms with E-state index in [-0.39, 0.29) is 12.0 Å². The van der Waals surface area contributed by atoms with Gasteiger partial charge in [0.25, 0.3) is 0 Å². The lowest BCUT2D eigenvalue weighted by Crippen LogP contribution is -2.25. The van der Waals surface area contributed by atoms with E-state index in [9.17, 15) is 4.79 Å². The van der Waals surface area contributed by atoms with E-state index in [0.717, 1.165) is 5.75 Å². The largest absolute Gasteiger partial charge is 0.491 e. The van der Waals surface area contributed by atoms with Crippen LogP contribution in [0.4, 0.5) is 5.69 Å². The van der Waals surface area contributed by atoms with Crippen molar-refractivity contribution in [1.82, 2.24) is 0 Å². The summed E-state index contributed by atoms with van der Waals surface area (Å²) in [4.78, 5) is 12.1. The molecular formula is C14H17Cl2NO2. The summed E-state index contributed by atoms with van der Waals surface area (Å²) in [6.07, 6.45) is 0.600. The highest BCUT2D eigenvalue weighted by Gasteiger charge is 2.67. The fourth-order valence-corrected chi connectivity index (χ4v) is 2.51. The van der Waals surface area contributed by atoms with Crippen molar-refractivity contribution < 1.29 is 9.53 Å². The minimum Gasteiger partial charge on any atom is -0.491 e. The number of carbonyl (C=O) groups is 1. The highest BCUT2D eigenvalue weighted by atomic mass is 35.5. The molecule has 1 aliphatic carbocycles. The first kappa shape index (κ1) is 14.5.